The zero-order valence-electron chi connectivity index (χ0n) is 11.1. The maximum absolute atomic E-state index is 6.25. The van der Waals surface area contributed by atoms with Crippen molar-refractivity contribution in [3.05, 3.63) is 57.0 Å². The highest BCUT2D eigenvalue weighted by Gasteiger charge is 2.14. The summed E-state index contributed by atoms with van der Waals surface area (Å²) < 4.78 is 0. The van der Waals surface area contributed by atoms with E-state index < -0.39 is 0 Å². The zero-order valence-corrected chi connectivity index (χ0v) is 14.2. The van der Waals surface area contributed by atoms with Gasteiger partial charge in [0, 0.05) is 10.6 Å². The van der Waals surface area contributed by atoms with Gasteiger partial charge in [-0.1, -0.05) is 40.9 Å². The third kappa shape index (κ3) is 3.56. The predicted molar refractivity (Wildman–Crippen MR) is 91.7 cm³/mol. The van der Waals surface area contributed by atoms with Crippen LogP contribution in [0.5, 0.6) is 0 Å². The van der Waals surface area contributed by atoms with E-state index in [0.717, 1.165) is 11.3 Å². The van der Waals surface area contributed by atoms with Gasteiger partial charge < -0.3 is 5.32 Å². The van der Waals surface area contributed by atoms with Gasteiger partial charge in [0.2, 0.25) is 0 Å². The first-order valence-electron chi connectivity index (χ1n) is 6.07. The molecule has 2 rings (SSSR count). The van der Waals surface area contributed by atoms with Gasteiger partial charge in [-0.25, -0.2) is 0 Å². The monoisotopic (exact) mass is 345 g/mol. The summed E-state index contributed by atoms with van der Waals surface area (Å²) >= 11 is 20.0. The maximum Gasteiger partial charge on any atom is 0.0782 e. The third-order valence-electron chi connectivity index (χ3n) is 3.00. The molecule has 1 atom stereocenters. The number of halogens is 3. The number of benzene rings is 2. The standard InChI is InChI=1S/C15H14Cl3NS/c1-9(12-7-8-13(16)15(18)14(12)17)19-10-3-5-11(20-2)6-4-10/h3-9,19H,1-2H3. The van der Waals surface area contributed by atoms with E-state index in [9.17, 15) is 0 Å². The molecule has 0 amide bonds. The highest BCUT2D eigenvalue weighted by molar-refractivity contribution is 7.98. The Kier molecular flexibility index (Phi) is 5.50. The van der Waals surface area contributed by atoms with E-state index in [1.165, 1.54) is 4.90 Å². The first kappa shape index (κ1) is 15.8. The fourth-order valence-corrected chi connectivity index (χ4v) is 3.00. The smallest absolute Gasteiger partial charge is 0.0782 e. The second-order valence-electron chi connectivity index (χ2n) is 4.36. The van der Waals surface area contributed by atoms with Crippen LogP contribution in [0.3, 0.4) is 0 Å². The minimum absolute atomic E-state index is 0.0393. The summed E-state index contributed by atoms with van der Waals surface area (Å²) in [5.41, 5.74) is 1.97. The van der Waals surface area contributed by atoms with E-state index >= 15 is 0 Å². The zero-order chi connectivity index (χ0) is 14.7. The van der Waals surface area contributed by atoms with Crippen LogP contribution >= 0.6 is 46.6 Å². The van der Waals surface area contributed by atoms with Crippen LogP contribution in [0.4, 0.5) is 5.69 Å². The molecule has 2 aromatic carbocycles. The minimum atomic E-state index is 0.0393. The Morgan fingerprint density at radius 1 is 0.950 bits per heavy atom. The van der Waals surface area contributed by atoms with Crippen molar-refractivity contribution in [1.29, 1.82) is 0 Å². The topological polar surface area (TPSA) is 12.0 Å². The number of rotatable bonds is 4. The molecule has 0 aliphatic carbocycles. The van der Waals surface area contributed by atoms with Crippen LogP contribution < -0.4 is 5.32 Å². The van der Waals surface area contributed by atoms with E-state index in [-0.39, 0.29) is 6.04 Å². The average Bonchev–Trinajstić information content (AvgIpc) is 2.45. The quantitative estimate of drug-likeness (QED) is 0.498. The van der Waals surface area contributed by atoms with Gasteiger partial charge >= 0.3 is 0 Å². The fourth-order valence-electron chi connectivity index (χ4n) is 1.89. The molecule has 106 valence electrons. The summed E-state index contributed by atoms with van der Waals surface area (Å²) in [5, 5.41) is 4.77. The molecule has 2 aromatic rings. The highest BCUT2D eigenvalue weighted by atomic mass is 35.5. The molecule has 0 bridgehead atoms. The van der Waals surface area contributed by atoms with E-state index in [0.29, 0.717) is 15.1 Å². The lowest BCUT2D eigenvalue weighted by Crippen LogP contribution is -2.07. The van der Waals surface area contributed by atoms with Gasteiger partial charge in [-0.15, -0.1) is 11.8 Å². The van der Waals surface area contributed by atoms with Gasteiger partial charge in [-0.05, 0) is 49.1 Å². The molecule has 1 unspecified atom stereocenters. The van der Waals surface area contributed by atoms with Crippen LogP contribution in [-0.2, 0) is 0 Å². The lowest BCUT2D eigenvalue weighted by atomic mass is 10.1. The Hall–Kier alpha value is -0.540. The van der Waals surface area contributed by atoms with E-state index in [1.54, 1.807) is 17.8 Å². The molecule has 0 aliphatic heterocycles. The van der Waals surface area contributed by atoms with Crippen molar-refractivity contribution in [3.63, 3.8) is 0 Å². The molecule has 5 heteroatoms. The summed E-state index contributed by atoms with van der Waals surface area (Å²) in [6, 6.07) is 12.0. The van der Waals surface area contributed by atoms with Gasteiger partial charge in [0.05, 0.1) is 21.1 Å². The van der Waals surface area contributed by atoms with Crippen molar-refractivity contribution < 1.29 is 0 Å². The highest BCUT2D eigenvalue weighted by Crippen LogP contribution is 2.36. The van der Waals surface area contributed by atoms with Gasteiger partial charge in [0.15, 0.2) is 0 Å². The van der Waals surface area contributed by atoms with Crippen molar-refractivity contribution in [1.82, 2.24) is 0 Å². The number of nitrogens with one attached hydrogen (secondary N) is 1. The third-order valence-corrected chi connectivity index (χ3v) is 5.06. The molecule has 1 nitrogen and oxygen atoms in total. The maximum atomic E-state index is 6.25. The molecule has 0 radical (unpaired) electrons. The molecule has 0 saturated heterocycles. The van der Waals surface area contributed by atoms with Crippen molar-refractivity contribution >= 4 is 52.3 Å². The van der Waals surface area contributed by atoms with E-state index in [4.69, 9.17) is 34.8 Å². The fraction of sp³-hybridized carbons (Fsp3) is 0.200. The van der Waals surface area contributed by atoms with Crippen LogP contribution in [-0.4, -0.2) is 6.26 Å². The Morgan fingerprint density at radius 3 is 2.20 bits per heavy atom. The number of hydrogen-bond acceptors (Lipinski definition) is 2. The summed E-state index contributed by atoms with van der Waals surface area (Å²) in [7, 11) is 0. The SMILES string of the molecule is CSc1ccc(NC(C)c2ccc(Cl)c(Cl)c2Cl)cc1. The van der Waals surface area contributed by atoms with Crippen molar-refractivity contribution in [2.75, 3.05) is 11.6 Å². The van der Waals surface area contributed by atoms with Gasteiger partial charge in [-0.3, -0.25) is 0 Å². The minimum Gasteiger partial charge on any atom is -0.378 e. The lowest BCUT2D eigenvalue weighted by molar-refractivity contribution is 0.885. The van der Waals surface area contributed by atoms with Crippen LogP contribution in [0, 0.1) is 0 Å². The summed E-state index contributed by atoms with van der Waals surface area (Å²) in [4.78, 5) is 1.23. The van der Waals surface area contributed by atoms with Crippen LogP contribution in [0.15, 0.2) is 41.3 Å². The van der Waals surface area contributed by atoms with Crippen LogP contribution in [0.25, 0.3) is 0 Å². The summed E-state index contributed by atoms with van der Waals surface area (Å²) in [6.07, 6.45) is 2.06. The van der Waals surface area contributed by atoms with Crippen molar-refractivity contribution in [2.24, 2.45) is 0 Å². The second-order valence-corrected chi connectivity index (χ2v) is 6.40. The van der Waals surface area contributed by atoms with Gasteiger partial charge in [0.1, 0.15) is 0 Å². The van der Waals surface area contributed by atoms with Crippen LogP contribution in [0.2, 0.25) is 15.1 Å². The molecule has 0 fully saturated rings. The lowest BCUT2D eigenvalue weighted by Gasteiger charge is -2.18. The van der Waals surface area contributed by atoms with Crippen LogP contribution in [0.1, 0.15) is 18.5 Å². The molecular weight excluding hydrogens is 333 g/mol. The van der Waals surface area contributed by atoms with E-state index in [1.807, 2.05) is 25.1 Å². The molecule has 0 aromatic heterocycles. The molecular formula is C15H14Cl3NS. The number of anilines is 1. The summed E-state index contributed by atoms with van der Waals surface area (Å²) in [6.45, 7) is 2.04. The van der Waals surface area contributed by atoms with Gasteiger partial charge in [-0.2, -0.15) is 0 Å². The van der Waals surface area contributed by atoms with Crippen molar-refractivity contribution in [3.8, 4) is 0 Å². The Labute approximate surface area is 138 Å². The summed E-state index contributed by atoms with van der Waals surface area (Å²) in [5.74, 6) is 0. The molecule has 0 aliphatic rings. The normalized spacial score (nSPS) is 12.2. The predicted octanol–water partition coefficient (Wildman–Crippen LogP) is 6.54. The Morgan fingerprint density at radius 2 is 1.60 bits per heavy atom. The first-order valence-corrected chi connectivity index (χ1v) is 8.42. The second kappa shape index (κ2) is 6.95. The number of hydrogen-bond donors (Lipinski definition) is 1. The molecule has 0 saturated carbocycles. The molecule has 1 N–H and O–H groups in total. The largest absolute Gasteiger partial charge is 0.378 e. The van der Waals surface area contributed by atoms with Crippen molar-refractivity contribution in [2.45, 2.75) is 17.9 Å². The number of thioether (sulfide) groups is 1. The molecule has 0 heterocycles. The first-order chi connectivity index (χ1) is 9.52. The average molecular weight is 347 g/mol. The molecule has 20 heavy (non-hydrogen) atoms. The van der Waals surface area contributed by atoms with E-state index in [2.05, 4.69) is 23.7 Å². The van der Waals surface area contributed by atoms with Gasteiger partial charge in [0.25, 0.3) is 0 Å². The Bertz CT molecular complexity index is 599. The molecule has 0 spiro atoms. The Balaban J connectivity index is 2.19.